The van der Waals surface area contributed by atoms with Gasteiger partial charge in [0.25, 0.3) is 0 Å². The number of hydrogen-bond acceptors (Lipinski definition) is 3. The van der Waals surface area contributed by atoms with Gasteiger partial charge in [0, 0.05) is 19.1 Å². The zero-order valence-corrected chi connectivity index (χ0v) is 11.8. The second-order valence-electron chi connectivity index (χ2n) is 5.21. The zero-order valence-electron chi connectivity index (χ0n) is 11.8. The minimum Gasteiger partial charge on any atom is -0.485 e. The summed E-state index contributed by atoms with van der Waals surface area (Å²) in [5, 5.41) is 10.2. The van der Waals surface area contributed by atoms with Crippen molar-refractivity contribution in [3.63, 3.8) is 0 Å². The predicted octanol–water partition coefficient (Wildman–Crippen LogP) is 3.53. The van der Waals surface area contributed by atoms with Gasteiger partial charge < -0.3 is 14.6 Å². The van der Waals surface area contributed by atoms with Crippen molar-refractivity contribution in [2.75, 3.05) is 7.11 Å². The molecule has 0 fully saturated rings. The molecular formula is C17H17FO3. The summed E-state index contributed by atoms with van der Waals surface area (Å²) in [6, 6.07) is 12.1. The number of aliphatic hydroxyl groups is 1. The normalized spacial score (nSPS) is 20.7. The minimum atomic E-state index is -0.715. The van der Waals surface area contributed by atoms with Crippen LogP contribution in [0.5, 0.6) is 5.75 Å². The van der Waals surface area contributed by atoms with Gasteiger partial charge in [0.1, 0.15) is 17.7 Å². The Hall–Kier alpha value is -1.91. The largest absolute Gasteiger partial charge is 0.485 e. The Bertz CT molecular complexity index is 624. The molecule has 3 nitrogen and oxygen atoms in total. The first-order valence-corrected chi connectivity index (χ1v) is 6.89. The van der Waals surface area contributed by atoms with Gasteiger partial charge in [-0.05, 0) is 29.3 Å². The van der Waals surface area contributed by atoms with Crippen LogP contribution in [0.3, 0.4) is 0 Å². The highest BCUT2D eigenvalue weighted by Gasteiger charge is 2.28. The molecule has 3 rings (SSSR count). The molecule has 0 saturated heterocycles. The maximum Gasteiger partial charge on any atom is 0.127 e. The van der Waals surface area contributed by atoms with Crippen LogP contribution >= 0.6 is 0 Å². The topological polar surface area (TPSA) is 38.7 Å². The molecule has 2 aromatic carbocycles. The Kier molecular flexibility index (Phi) is 3.90. The molecule has 1 heterocycles. The third kappa shape index (κ3) is 2.91. The van der Waals surface area contributed by atoms with Gasteiger partial charge in [0.2, 0.25) is 0 Å². The first-order valence-electron chi connectivity index (χ1n) is 6.89. The van der Waals surface area contributed by atoms with Crippen molar-refractivity contribution in [1.82, 2.24) is 0 Å². The first-order chi connectivity index (χ1) is 10.2. The van der Waals surface area contributed by atoms with Crippen molar-refractivity contribution in [3.05, 3.63) is 65.0 Å². The van der Waals surface area contributed by atoms with Crippen LogP contribution in [0, 0.1) is 5.82 Å². The maximum absolute atomic E-state index is 13.2. The van der Waals surface area contributed by atoms with Gasteiger partial charge in [-0.15, -0.1) is 0 Å². The molecule has 2 aromatic rings. The van der Waals surface area contributed by atoms with E-state index in [1.165, 1.54) is 12.1 Å². The van der Waals surface area contributed by atoms with E-state index < -0.39 is 6.10 Å². The molecule has 21 heavy (non-hydrogen) atoms. The Morgan fingerprint density at radius 2 is 2.00 bits per heavy atom. The molecule has 0 aromatic heterocycles. The van der Waals surface area contributed by atoms with E-state index in [9.17, 15) is 9.50 Å². The van der Waals surface area contributed by atoms with E-state index in [1.54, 1.807) is 13.2 Å². The van der Waals surface area contributed by atoms with Crippen molar-refractivity contribution >= 4 is 0 Å². The molecule has 1 N–H and O–H groups in total. The van der Waals surface area contributed by atoms with E-state index >= 15 is 0 Å². The number of methoxy groups -OCH3 is 1. The van der Waals surface area contributed by atoms with E-state index in [2.05, 4.69) is 0 Å². The van der Waals surface area contributed by atoms with Crippen molar-refractivity contribution < 1.29 is 19.0 Å². The standard InChI is InChI=1S/C17H17FO3/c1-20-10-11-2-4-12(5-3-11)17-9-15(19)14-8-13(18)6-7-16(14)21-17/h2-8,15,17,19H,9-10H2,1H3/t15-,17?/m0/s1. The highest BCUT2D eigenvalue weighted by molar-refractivity contribution is 5.39. The maximum atomic E-state index is 13.2. The average Bonchev–Trinajstić information content (AvgIpc) is 2.49. The second kappa shape index (κ2) is 5.84. The van der Waals surface area contributed by atoms with E-state index in [1.807, 2.05) is 24.3 Å². The van der Waals surface area contributed by atoms with Gasteiger partial charge >= 0.3 is 0 Å². The number of ether oxygens (including phenoxy) is 2. The molecular weight excluding hydrogens is 271 g/mol. The monoisotopic (exact) mass is 288 g/mol. The van der Waals surface area contributed by atoms with Crippen LogP contribution in [0.15, 0.2) is 42.5 Å². The lowest BCUT2D eigenvalue weighted by Crippen LogP contribution is -2.19. The van der Waals surface area contributed by atoms with E-state index in [0.717, 1.165) is 11.1 Å². The summed E-state index contributed by atoms with van der Waals surface area (Å²) in [7, 11) is 1.66. The van der Waals surface area contributed by atoms with Crippen LogP contribution in [0.4, 0.5) is 4.39 Å². The lowest BCUT2D eigenvalue weighted by molar-refractivity contribution is 0.0653. The molecule has 0 saturated carbocycles. The molecule has 0 bridgehead atoms. The van der Waals surface area contributed by atoms with Gasteiger partial charge in [0.05, 0.1) is 12.7 Å². The van der Waals surface area contributed by atoms with Crippen LogP contribution in [0.25, 0.3) is 0 Å². The lowest BCUT2D eigenvalue weighted by Gasteiger charge is -2.30. The summed E-state index contributed by atoms with van der Waals surface area (Å²) >= 11 is 0. The third-order valence-electron chi connectivity index (χ3n) is 3.70. The summed E-state index contributed by atoms with van der Waals surface area (Å²) in [5.74, 6) is 0.180. The summed E-state index contributed by atoms with van der Waals surface area (Å²) in [6.07, 6.45) is -0.525. The van der Waals surface area contributed by atoms with E-state index in [-0.39, 0.29) is 11.9 Å². The fourth-order valence-electron chi connectivity index (χ4n) is 2.62. The highest BCUT2D eigenvalue weighted by atomic mass is 19.1. The Balaban J connectivity index is 1.83. The summed E-state index contributed by atoms with van der Waals surface area (Å²) in [4.78, 5) is 0. The molecule has 2 atom stereocenters. The van der Waals surface area contributed by atoms with Gasteiger partial charge in [-0.1, -0.05) is 24.3 Å². The van der Waals surface area contributed by atoms with Crippen molar-refractivity contribution in [2.45, 2.75) is 25.2 Å². The zero-order chi connectivity index (χ0) is 14.8. The first kappa shape index (κ1) is 14.0. The molecule has 0 aliphatic carbocycles. The van der Waals surface area contributed by atoms with Gasteiger partial charge in [-0.2, -0.15) is 0 Å². The predicted molar refractivity (Wildman–Crippen MR) is 76.5 cm³/mol. The van der Waals surface area contributed by atoms with Crippen molar-refractivity contribution in [1.29, 1.82) is 0 Å². The van der Waals surface area contributed by atoms with Crippen LogP contribution < -0.4 is 4.74 Å². The van der Waals surface area contributed by atoms with Crippen molar-refractivity contribution in [3.8, 4) is 5.75 Å². The number of benzene rings is 2. The molecule has 1 unspecified atom stereocenters. The van der Waals surface area contributed by atoms with Gasteiger partial charge in [-0.25, -0.2) is 4.39 Å². The average molecular weight is 288 g/mol. The molecule has 110 valence electrons. The number of rotatable bonds is 3. The summed E-state index contributed by atoms with van der Waals surface area (Å²) in [6.45, 7) is 0.566. The summed E-state index contributed by atoms with van der Waals surface area (Å²) < 4.78 is 24.2. The van der Waals surface area contributed by atoms with E-state index in [0.29, 0.717) is 24.3 Å². The molecule has 1 aliphatic heterocycles. The molecule has 0 spiro atoms. The van der Waals surface area contributed by atoms with Crippen LogP contribution in [-0.4, -0.2) is 12.2 Å². The molecule has 0 radical (unpaired) electrons. The minimum absolute atomic E-state index is 0.227. The second-order valence-corrected chi connectivity index (χ2v) is 5.21. The van der Waals surface area contributed by atoms with E-state index in [4.69, 9.17) is 9.47 Å². The fraction of sp³-hybridized carbons (Fsp3) is 0.294. The van der Waals surface area contributed by atoms with Gasteiger partial charge in [0.15, 0.2) is 0 Å². The summed E-state index contributed by atoms with van der Waals surface area (Å²) in [5.41, 5.74) is 2.59. The molecule has 4 heteroatoms. The molecule has 0 amide bonds. The highest BCUT2D eigenvalue weighted by Crippen LogP contribution is 2.40. The Morgan fingerprint density at radius 3 is 2.71 bits per heavy atom. The lowest BCUT2D eigenvalue weighted by atomic mass is 9.94. The smallest absolute Gasteiger partial charge is 0.127 e. The Morgan fingerprint density at radius 1 is 1.24 bits per heavy atom. The van der Waals surface area contributed by atoms with Crippen LogP contribution in [-0.2, 0) is 11.3 Å². The SMILES string of the molecule is COCc1ccc(C2C[C@H](O)c3cc(F)ccc3O2)cc1. The molecule has 1 aliphatic rings. The number of fused-ring (bicyclic) bond motifs is 1. The number of halogens is 1. The fourth-order valence-corrected chi connectivity index (χ4v) is 2.62. The number of hydrogen-bond donors (Lipinski definition) is 1. The van der Waals surface area contributed by atoms with Gasteiger partial charge in [-0.3, -0.25) is 0 Å². The van der Waals surface area contributed by atoms with Crippen LogP contribution in [0.1, 0.15) is 35.3 Å². The Labute approximate surface area is 122 Å². The third-order valence-corrected chi connectivity index (χ3v) is 3.70. The number of aliphatic hydroxyl groups excluding tert-OH is 1. The quantitative estimate of drug-likeness (QED) is 0.939. The van der Waals surface area contributed by atoms with Crippen LogP contribution in [0.2, 0.25) is 0 Å². The van der Waals surface area contributed by atoms with Crippen molar-refractivity contribution in [2.24, 2.45) is 0 Å².